The lowest BCUT2D eigenvalue weighted by Gasteiger charge is -2.32. The van der Waals surface area contributed by atoms with Crippen LogP contribution in [-0.4, -0.2) is 48.7 Å². The van der Waals surface area contributed by atoms with Crippen LogP contribution in [0.1, 0.15) is 12.8 Å². The molecule has 0 unspecified atom stereocenters. The van der Waals surface area contributed by atoms with Crippen molar-refractivity contribution in [3.05, 3.63) is 0 Å². The number of amides is 1. The standard InChI is InChI=1S/C8H16N2O2/c1-10(2)5-8(12)9-6-3-7(11)4-6/h6-7,11H,3-5H2,1-2H3,(H,9,12). The minimum Gasteiger partial charge on any atom is -0.393 e. The number of rotatable bonds is 3. The predicted octanol–water partition coefficient (Wildman–Crippen LogP) is -0.812. The number of carbonyl (C=O) groups excluding carboxylic acids is 1. The quantitative estimate of drug-likeness (QED) is 0.585. The van der Waals surface area contributed by atoms with Crippen LogP contribution in [-0.2, 0) is 4.79 Å². The average Bonchev–Trinajstić information content (AvgIpc) is 1.82. The molecular formula is C8H16N2O2. The molecule has 1 fully saturated rings. The molecule has 1 aliphatic rings. The Morgan fingerprint density at radius 2 is 2.17 bits per heavy atom. The summed E-state index contributed by atoms with van der Waals surface area (Å²) in [5.74, 6) is 0.0388. The van der Waals surface area contributed by atoms with Crippen molar-refractivity contribution >= 4 is 5.91 Å². The van der Waals surface area contributed by atoms with Gasteiger partial charge < -0.3 is 15.3 Å². The zero-order chi connectivity index (χ0) is 9.14. The lowest BCUT2D eigenvalue weighted by atomic mass is 9.89. The zero-order valence-corrected chi connectivity index (χ0v) is 7.58. The van der Waals surface area contributed by atoms with Crippen LogP contribution < -0.4 is 5.32 Å². The van der Waals surface area contributed by atoms with Gasteiger partial charge in [-0.25, -0.2) is 0 Å². The first-order valence-corrected chi connectivity index (χ1v) is 4.20. The second kappa shape index (κ2) is 3.87. The number of carbonyl (C=O) groups is 1. The zero-order valence-electron chi connectivity index (χ0n) is 7.58. The monoisotopic (exact) mass is 172 g/mol. The van der Waals surface area contributed by atoms with E-state index in [1.54, 1.807) is 0 Å². The van der Waals surface area contributed by atoms with Gasteiger partial charge in [0.05, 0.1) is 12.6 Å². The molecular weight excluding hydrogens is 156 g/mol. The molecule has 0 aliphatic heterocycles. The first-order valence-electron chi connectivity index (χ1n) is 4.20. The van der Waals surface area contributed by atoms with Gasteiger partial charge in [-0.3, -0.25) is 4.79 Å². The van der Waals surface area contributed by atoms with E-state index in [0.29, 0.717) is 19.4 Å². The summed E-state index contributed by atoms with van der Waals surface area (Å²) in [5, 5.41) is 11.8. The molecule has 12 heavy (non-hydrogen) atoms. The molecule has 1 rings (SSSR count). The van der Waals surface area contributed by atoms with Crippen LogP contribution in [0.5, 0.6) is 0 Å². The molecule has 0 atom stereocenters. The molecule has 0 heterocycles. The highest BCUT2D eigenvalue weighted by molar-refractivity contribution is 5.78. The van der Waals surface area contributed by atoms with Crippen molar-refractivity contribution in [2.75, 3.05) is 20.6 Å². The summed E-state index contributed by atoms with van der Waals surface area (Å²) in [6, 6.07) is 0.201. The Balaban J connectivity index is 2.11. The lowest BCUT2D eigenvalue weighted by molar-refractivity contribution is -0.123. The van der Waals surface area contributed by atoms with Crippen LogP contribution in [0.3, 0.4) is 0 Å². The maximum Gasteiger partial charge on any atom is 0.234 e. The van der Waals surface area contributed by atoms with Crippen molar-refractivity contribution in [1.29, 1.82) is 0 Å². The summed E-state index contributed by atoms with van der Waals surface area (Å²) in [5.41, 5.74) is 0. The number of aliphatic hydroxyl groups is 1. The fraction of sp³-hybridized carbons (Fsp3) is 0.875. The van der Waals surface area contributed by atoms with E-state index in [-0.39, 0.29) is 18.1 Å². The second-order valence-corrected chi connectivity index (χ2v) is 3.63. The molecule has 0 aromatic heterocycles. The highest BCUT2D eigenvalue weighted by Gasteiger charge is 2.28. The fourth-order valence-electron chi connectivity index (χ4n) is 1.27. The van der Waals surface area contributed by atoms with Gasteiger partial charge in [0.1, 0.15) is 0 Å². The van der Waals surface area contributed by atoms with E-state index in [1.165, 1.54) is 0 Å². The van der Waals surface area contributed by atoms with Crippen molar-refractivity contribution in [1.82, 2.24) is 10.2 Å². The van der Waals surface area contributed by atoms with Gasteiger partial charge >= 0.3 is 0 Å². The molecule has 0 aromatic carbocycles. The fourth-order valence-corrected chi connectivity index (χ4v) is 1.27. The van der Waals surface area contributed by atoms with Gasteiger partial charge in [0.15, 0.2) is 0 Å². The Labute approximate surface area is 72.6 Å². The Kier molecular flexibility index (Phi) is 3.05. The third-order valence-corrected chi connectivity index (χ3v) is 1.94. The highest BCUT2D eigenvalue weighted by Crippen LogP contribution is 2.18. The second-order valence-electron chi connectivity index (χ2n) is 3.63. The van der Waals surface area contributed by atoms with Crippen molar-refractivity contribution in [3.63, 3.8) is 0 Å². The van der Waals surface area contributed by atoms with Crippen LogP contribution >= 0.6 is 0 Å². The molecule has 1 aliphatic carbocycles. The molecule has 0 saturated heterocycles. The largest absolute Gasteiger partial charge is 0.393 e. The first kappa shape index (κ1) is 9.48. The van der Waals surface area contributed by atoms with Gasteiger partial charge in [0, 0.05) is 6.04 Å². The van der Waals surface area contributed by atoms with Crippen LogP contribution in [0, 0.1) is 0 Å². The molecule has 0 bridgehead atoms. The molecule has 1 amide bonds. The molecule has 0 radical (unpaired) electrons. The Morgan fingerprint density at radius 3 is 2.58 bits per heavy atom. The van der Waals surface area contributed by atoms with E-state index in [1.807, 2.05) is 19.0 Å². The maximum atomic E-state index is 11.1. The lowest BCUT2D eigenvalue weighted by Crippen LogP contribution is -2.48. The molecule has 4 nitrogen and oxygen atoms in total. The van der Waals surface area contributed by atoms with E-state index < -0.39 is 0 Å². The third kappa shape index (κ3) is 2.79. The minimum atomic E-state index is -0.199. The number of nitrogens with zero attached hydrogens (tertiary/aromatic N) is 1. The SMILES string of the molecule is CN(C)CC(=O)NC1CC(O)C1. The molecule has 0 aromatic rings. The van der Waals surface area contributed by atoms with Gasteiger partial charge in [0.25, 0.3) is 0 Å². The Hall–Kier alpha value is -0.610. The Bertz CT molecular complexity index is 164. The summed E-state index contributed by atoms with van der Waals surface area (Å²) < 4.78 is 0. The molecule has 4 heteroatoms. The number of aliphatic hydroxyl groups excluding tert-OH is 1. The summed E-state index contributed by atoms with van der Waals surface area (Å²) in [6.07, 6.45) is 1.22. The third-order valence-electron chi connectivity index (χ3n) is 1.94. The van der Waals surface area contributed by atoms with Crippen molar-refractivity contribution in [2.24, 2.45) is 0 Å². The number of hydrogen-bond donors (Lipinski definition) is 2. The summed E-state index contributed by atoms with van der Waals surface area (Å²) >= 11 is 0. The van der Waals surface area contributed by atoms with Crippen LogP contribution in [0.15, 0.2) is 0 Å². The number of nitrogens with one attached hydrogen (secondary N) is 1. The maximum absolute atomic E-state index is 11.1. The predicted molar refractivity (Wildman–Crippen MR) is 45.7 cm³/mol. The van der Waals surface area contributed by atoms with E-state index in [9.17, 15) is 4.79 Å². The van der Waals surface area contributed by atoms with Gasteiger partial charge in [-0.1, -0.05) is 0 Å². The topological polar surface area (TPSA) is 52.6 Å². The van der Waals surface area contributed by atoms with Crippen molar-refractivity contribution < 1.29 is 9.90 Å². The van der Waals surface area contributed by atoms with E-state index in [0.717, 1.165) is 0 Å². The summed E-state index contributed by atoms with van der Waals surface area (Å²) in [6.45, 7) is 0.423. The number of hydrogen-bond acceptors (Lipinski definition) is 3. The minimum absolute atomic E-state index is 0.0388. The first-order chi connectivity index (χ1) is 5.58. The van der Waals surface area contributed by atoms with Crippen molar-refractivity contribution in [3.8, 4) is 0 Å². The van der Waals surface area contributed by atoms with Crippen LogP contribution in [0.25, 0.3) is 0 Å². The average molecular weight is 172 g/mol. The van der Waals surface area contributed by atoms with E-state index in [4.69, 9.17) is 5.11 Å². The van der Waals surface area contributed by atoms with Crippen LogP contribution in [0.4, 0.5) is 0 Å². The van der Waals surface area contributed by atoms with Gasteiger partial charge in [-0.2, -0.15) is 0 Å². The normalized spacial score (nSPS) is 28.3. The van der Waals surface area contributed by atoms with Gasteiger partial charge in [0.2, 0.25) is 5.91 Å². The van der Waals surface area contributed by atoms with Crippen LogP contribution in [0.2, 0.25) is 0 Å². The summed E-state index contributed by atoms with van der Waals surface area (Å²) in [4.78, 5) is 13.0. The molecule has 1 saturated carbocycles. The summed E-state index contributed by atoms with van der Waals surface area (Å²) in [7, 11) is 3.71. The number of likely N-dealkylation sites (N-methyl/N-ethyl adjacent to an activating group) is 1. The van der Waals surface area contributed by atoms with Gasteiger partial charge in [-0.15, -0.1) is 0 Å². The molecule has 2 N–H and O–H groups in total. The van der Waals surface area contributed by atoms with E-state index in [2.05, 4.69) is 5.32 Å². The molecule has 0 spiro atoms. The Morgan fingerprint density at radius 1 is 1.58 bits per heavy atom. The van der Waals surface area contributed by atoms with Gasteiger partial charge in [-0.05, 0) is 26.9 Å². The smallest absolute Gasteiger partial charge is 0.234 e. The highest BCUT2D eigenvalue weighted by atomic mass is 16.3. The van der Waals surface area contributed by atoms with E-state index >= 15 is 0 Å². The molecule has 70 valence electrons. The van der Waals surface area contributed by atoms with Crippen molar-refractivity contribution in [2.45, 2.75) is 25.0 Å².